The van der Waals surface area contributed by atoms with E-state index < -0.39 is 47.5 Å². The zero-order chi connectivity index (χ0) is 42.1. The number of urea groups is 1. The van der Waals surface area contributed by atoms with E-state index in [4.69, 9.17) is 10.5 Å². The number of anilines is 4. The Bertz CT molecular complexity index is 2610. The van der Waals surface area contributed by atoms with Gasteiger partial charge in [-0.05, 0) is 54.3 Å². The SMILES string of the molecule is CNc1cc(N2CCc3c(-c4ncc(CN5CC6(CCN(C(=O)c7ccc(OC)c(N8CCC(=O)NC8=O)c7)CC6(F)F)C5)cc4F)cccc32)nn2c(C(N)=O)cnc12. The van der Waals surface area contributed by atoms with E-state index in [0.29, 0.717) is 47.0 Å². The van der Waals surface area contributed by atoms with Crippen LogP contribution in [-0.2, 0) is 17.8 Å². The number of aromatic nitrogens is 4. The van der Waals surface area contributed by atoms with Crippen LogP contribution >= 0.6 is 0 Å². The predicted octanol–water partition coefficient (Wildman–Crippen LogP) is 4.20. The van der Waals surface area contributed by atoms with Gasteiger partial charge >= 0.3 is 6.03 Å². The van der Waals surface area contributed by atoms with Crippen molar-refractivity contribution in [2.45, 2.75) is 31.7 Å². The molecule has 7 heterocycles. The number of benzene rings is 2. The fourth-order valence-corrected chi connectivity index (χ4v) is 8.87. The molecule has 60 heavy (non-hydrogen) atoms. The van der Waals surface area contributed by atoms with Gasteiger partial charge in [-0.15, -0.1) is 5.10 Å². The summed E-state index contributed by atoms with van der Waals surface area (Å²) in [6.45, 7) is 0.293. The van der Waals surface area contributed by atoms with Gasteiger partial charge in [-0.2, -0.15) is 0 Å². The third kappa shape index (κ3) is 6.39. The molecule has 4 aliphatic heterocycles. The first-order valence-electron chi connectivity index (χ1n) is 19.4. The summed E-state index contributed by atoms with van der Waals surface area (Å²) in [6, 6.07) is 12.5. The standard InChI is InChI=1S/C41H40F3N11O5/c1-46-28-16-33(50-55-31(36(45)57)18-48-37(28)55)53-11-8-25-26(4-3-5-29(25)53)35-27(42)14-23(17-47-35)19-51-20-40(21-51)10-13-52(22-41(40,43)44)38(58)24-6-7-32(60-2)30(15-24)54-12-9-34(56)49-39(54)59/h3-7,14-18,46H,8-13,19-22H2,1-2H3,(H2,45,57)(H,49,56,59). The lowest BCUT2D eigenvalue weighted by atomic mass is 9.69. The van der Waals surface area contributed by atoms with Crippen molar-refractivity contribution in [2.24, 2.45) is 11.1 Å². The number of imide groups is 1. The van der Waals surface area contributed by atoms with Crippen molar-refractivity contribution < 1.29 is 37.1 Å². The quantitative estimate of drug-likeness (QED) is 0.194. The number of fused-ring (bicyclic) bond motifs is 2. The first-order chi connectivity index (χ1) is 28.8. The first-order valence-corrected chi connectivity index (χ1v) is 19.4. The van der Waals surface area contributed by atoms with Gasteiger partial charge in [0.25, 0.3) is 17.7 Å². The zero-order valence-corrected chi connectivity index (χ0v) is 32.7. The van der Waals surface area contributed by atoms with Crippen molar-refractivity contribution in [1.29, 1.82) is 0 Å². The molecule has 16 nitrogen and oxygen atoms in total. The summed E-state index contributed by atoms with van der Waals surface area (Å²) in [4.78, 5) is 64.9. The third-order valence-electron chi connectivity index (χ3n) is 12.0. The van der Waals surface area contributed by atoms with Crippen LogP contribution in [0.25, 0.3) is 16.9 Å². The molecular formula is C41H40F3N11O5. The number of amides is 5. The highest BCUT2D eigenvalue weighted by molar-refractivity contribution is 6.07. The molecule has 9 rings (SSSR count). The summed E-state index contributed by atoms with van der Waals surface area (Å²) >= 11 is 0. The van der Waals surface area contributed by atoms with Crippen LogP contribution in [0.1, 0.15) is 44.8 Å². The van der Waals surface area contributed by atoms with Crippen LogP contribution < -0.4 is 30.9 Å². The van der Waals surface area contributed by atoms with E-state index in [1.165, 1.54) is 47.0 Å². The second-order valence-electron chi connectivity index (χ2n) is 15.5. The fourth-order valence-electron chi connectivity index (χ4n) is 8.87. The molecule has 19 heteroatoms. The maximum Gasteiger partial charge on any atom is 0.328 e. The lowest BCUT2D eigenvalue weighted by molar-refractivity contribution is -0.220. The fraction of sp³-hybridized carbons (Fsp3) is 0.341. The number of halogens is 3. The summed E-state index contributed by atoms with van der Waals surface area (Å²) in [7, 11) is 3.14. The number of carbonyl (C=O) groups excluding carboxylic acids is 4. The van der Waals surface area contributed by atoms with Crippen molar-refractivity contribution >= 4 is 52.3 Å². The van der Waals surface area contributed by atoms with E-state index in [9.17, 15) is 19.2 Å². The minimum Gasteiger partial charge on any atom is -0.495 e. The van der Waals surface area contributed by atoms with E-state index >= 15 is 13.2 Å². The number of carbonyl (C=O) groups is 4. The Kier molecular flexibility index (Phi) is 9.37. The molecule has 4 N–H and O–H groups in total. The number of likely N-dealkylation sites (tertiary alicyclic amines) is 2. The molecule has 4 aliphatic rings. The Balaban J connectivity index is 0.865. The number of rotatable bonds is 9. The van der Waals surface area contributed by atoms with Crippen LogP contribution in [0.15, 0.2) is 60.9 Å². The second-order valence-corrected chi connectivity index (χ2v) is 15.5. The third-order valence-corrected chi connectivity index (χ3v) is 12.0. The van der Waals surface area contributed by atoms with Gasteiger partial charge in [0.05, 0.1) is 36.6 Å². The molecule has 0 atom stereocenters. The number of imidazole rings is 1. The monoisotopic (exact) mass is 823 g/mol. The molecule has 3 saturated heterocycles. The molecule has 3 aromatic heterocycles. The summed E-state index contributed by atoms with van der Waals surface area (Å²) < 4.78 is 54.7. The van der Waals surface area contributed by atoms with Crippen LogP contribution in [0.5, 0.6) is 5.75 Å². The van der Waals surface area contributed by atoms with Crippen LogP contribution in [0.2, 0.25) is 0 Å². The van der Waals surface area contributed by atoms with Gasteiger partial charge in [-0.1, -0.05) is 12.1 Å². The number of primary amides is 1. The number of pyridine rings is 1. The van der Waals surface area contributed by atoms with Gasteiger partial charge in [0.1, 0.15) is 23.0 Å². The van der Waals surface area contributed by atoms with Gasteiger partial charge < -0.3 is 25.6 Å². The smallest absolute Gasteiger partial charge is 0.328 e. The molecular weight excluding hydrogens is 784 g/mol. The van der Waals surface area contributed by atoms with Crippen LogP contribution in [0.3, 0.4) is 0 Å². The summed E-state index contributed by atoms with van der Waals surface area (Å²) in [5, 5.41) is 9.99. The Morgan fingerprint density at radius 3 is 2.48 bits per heavy atom. The molecule has 310 valence electrons. The van der Waals surface area contributed by atoms with Gasteiger partial charge in [-0.3, -0.25) is 34.5 Å². The van der Waals surface area contributed by atoms with Gasteiger partial charge in [-0.25, -0.2) is 27.5 Å². The van der Waals surface area contributed by atoms with E-state index in [1.54, 1.807) is 13.2 Å². The van der Waals surface area contributed by atoms with Crippen LogP contribution in [-0.4, -0.2) is 112 Å². The first kappa shape index (κ1) is 38.7. The Hall–Kier alpha value is -6.76. The number of nitrogens with two attached hydrogens (primary N) is 1. The summed E-state index contributed by atoms with van der Waals surface area (Å²) in [5.74, 6) is -4.60. The molecule has 5 aromatic rings. The highest BCUT2D eigenvalue weighted by Gasteiger charge is 2.62. The maximum absolute atomic E-state index is 16.0. The largest absolute Gasteiger partial charge is 0.495 e. The average molecular weight is 824 g/mol. The highest BCUT2D eigenvalue weighted by Crippen LogP contribution is 2.51. The van der Waals surface area contributed by atoms with Gasteiger partial charge in [0, 0.05) is 81.8 Å². The number of piperidine rings is 1. The minimum atomic E-state index is -3.20. The molecule has 0 saturated carbocycles. The number of nitrogens with zero attached hydrogens (tertiary/aromatic N) is 8. The average Bonchev–Trinajstić information content (AvgIpc) is 3.85. The van der Waals surface area contributed by atoms with Crippen LogP contribution in [0.4, 0.5) is 40.8 Å². The maximum atomic E-state index is 16.0. The second kappa shape index (κ2) is 14.5. The van der Waals surface area contributed by atoms with Crippen molar-refractivity contribution in [3.05, 3.63) is 89.1 Å². The van der Waals surface area contributed by atoms with Gasteiger partial charge in [0.2, 0.25) is 5.91 Å². The Labute approximate surface area is 341 Å². The molecule has 0 radical (unpaired) electrons. The zero-order valence-electron chi connectivity index (χ0n) is 32.7. The number of hydrogen-bond acceptors (Lipinski definition) is 11. The topological polar surface area (TPSA) is 184 Å². The molecule has 0 unspecified atom stereocenters. The number of nitrogens with one attached hydrogen (secondary N) is 2. The molecule has 1 spiro atoms. The molecule has 5 amide bonds. The number of hydrogen-bond donors (Lipinski definition) is 3. The Morgan fingerprint density at radius 1 is 0.967 bits per heavy atom. The lowest BCUT2D eigenvalue weighted by Gasteiger charge is -2.57. The minimum absolute atomic E-state index is 0.0582. The van der Waals surface area contributed by atoms with E-state index in [-0.39, 0.29) is 68.2 Å². The Morgan fingerprint density at radius 2 is 1.77 bits per heavy atom. The summed E-state index contributed by atoms with van der Waals surface area (Å²) in [6.07, 6.45) is 3.65. The van der Waals surface area contributed by atoms with Crippen molar-refractivity contribution in [2.75, 3.05) is 68.5 Å². The van der Waals surface area contributed by atoms with E-state index in [2.05, 4.69) is 25.7 Å². The number of alkyl halides is 2. The molecule has 3 fully saturated rings. The van der Waals surface area contributed by atoms with Crippen molar-refractivity contribution in [3.63, 3.8) is 0 Å². The van der Waals surface area contributed by atoms with Crippen molar-refractivity contribution in [3.8, 4) is 17.0 Å². The van der Waals surface area contributed by atoms with E-state index in [1.807, 2.05) is 34.1 Å². The summed E-state index contributed by atoms with van der Waals surface area (Å²) in [5.41, 5.74) is 8.84. The van der Waals surface area contributed by atoms with Crippen LogP contribution in [0, 0.1) is 11.2 Å². The molecule has 0 bridgehead atoms. The number of methoxy groups -OCH3 is 1. The molecule has 2 aromatic carbocycles. The normalized spacial score (nSPS) is 18.4. The predicted molar refractivity (Wildman–Crippen MR) is 213 cm³/mol. The van der Waals surface area contributed by atoms with Gasteiger partial charge in [0.15, 0.2) is 11.5 Å². The lowest BCUT2D eigenvalue weighted by Crippen LogP contribution is -2.70. The van der Waals surface area contributed by atoms with Crippen molar-refractivity contribution in [1.82, 2.24) is 34.7 Å². The number of ether oxygens (including phenoxy) is 1. The van der Waals surface area contributed by atoms with E-state index in [0.717, 1.165) is 16.2 Å². The molecule has 0 aliphatic carbocycles. The highest BCUT2D eigenvalue weighted by atomic mass is 19.3.